The van der Waals surface area contributed by atoms with Crippen molar-refractivity contribution in [2.45, 2.75) is 19.9 Å². The van der Waals surface area contributed by atoms with Crippen molar-refractivity contribution < 1.29 is 5.11 Å². The minimum Gasteiger partial charge on any atom is -0.394 e. The lowest BCUT2D eigenvalue weighted by Gasteiger charge is -2.41. The van der Waals surface area contributed by atoms with Crippen LogP contribution in [-0.2, 0) is 0 Å². The van der Waals surface area contributed by atoms with Crippen molar-refractivity contribution in [1.29, 1.82) is 0 Å². The van der Waals surface area contributed by atoms with Crippen molar-refractivity contribution in [2.75, 3.05) is 38.2 Å². The highest BCUT2D eigenvalue weighted by atomic mass is 16.3. The van der Waals surface area contributed by atoms with Crippen LogP contribution in [0.1, 0.15) is 11.1 Å². The van der Waals surface area contributed by atoms with Crippen LogP contribution < -0.4 is 4.90 Å². The fourth-order valence-corrected chi connectivity index (χ4v) is 2.62. The molecular formula is C14H22N2O. The van der Waals surface area contributed by atoms with Gasteiger partial charge in [0.1, 0.15) is 0 Å². The number of hydrogen-bond acceptors (Lipinski definition) is 3. The molecule has 0 aliphatic carbocycles. The maximum absolute atomic E-state index is 9.51. The van der Waals surface area contributed by atoms with E-state index in [0.717, 1.165) is 19.6 Å². The van der Waals surface area contributed by atoms with Crippen molar-refractivity contribution in [2.24, 2.45) is 0 Å². The summed E-state index contributed by atoms with van der Waals surface area (Å²) in [5, 5.41) is 9.51. The molecule has 0 amide bonds. The molecule has 1 atom stereocenters. The van der Waals surface area contributed by atoms with Crippen LogP contribution in [0.2, 0.25) is 0 Å². The first-order chi connectivity index (χ1) is 8.10. The van der Waals surface area contributed by atoms with Gasteiger partial charge in [-0.3, -0.25) is 0 Å². The van der Waals surface area contributed by atoms with E-state index >= 15 is 0 Å². The number of nitrogens with zero attached hydrogens (tertiary/aromatic N) is 2. The van der Waals surface area contributed by atoms with Crippen molar-refractivity contribution in [1.82, 2.24) is 4.90 Å². The Bertz CT molecular complexity index is 372. The fraction of sp³-hybridized carbons (Fsp3) is 0.571. The van der Waals surface area contributed by atoms with Crippen LogP contribution in [0.15, 0.2) is 18.2 Å². The molecule has 1 aromatic rings. The summed E-state index contributed by atoms with van der Waals surface area (Å²) in [6, 6.07) is 6.82. The van der Waals surface area contributed by atoms with Crippen LogP contribution >= 0.6 is 0 Å². The Hall–Kier alpha value is -1.06. The highest BCUT2D eigenvalue weighted by Gasteiger charge is 2.24. The van der Waals surface area contributed by atoms with Gasteiger partial charge in [-0.25, -0.2) is 0 Å². The lowest BCUT2D eigenvalue weighted by Crippen LogP contribution is -2.53. The van der Waals surface area contributed by atoms with E-state index in [9.17, 15) is 5.11 Å². The van der Waals surface area contributed by atoms with E-state index in [1.165, 1.54) is 16.8 Å². The molecule has 1 fully saturated rings. The number of anilines is 1. The molecule has 3 nitrogen and oxygen atoms in total. The molecule has 0 aromatic heterocycles. The standard InChI is InChI=1S/C14H22N2O/c1-11-6-12(2)8-13(7-11)16-5-4-15(3)9-14(16)10-17/h6-8,14,17H,4-5,9-10H2,1-3H3. The highest BCUT2D eigenvalue weighted by Crippen LogP contribution is 2.23. The van der Waals surface area contributed by atoms with Gasteiger partial charge in [0.15, 0.2) is 0 Å². The molecule has 0 saturated carbocycles. The largest absolute Gasteiger partial charge is 0.394 e. The molecule has 1 heterocycles. The molecule has 17 heavy (non-hydrogen) atoms. The number of aliphatic hydroxyl groups excluding tert-OH is 1. The third kappa shape index (κ3) is 2.79. The zero-order valence-electron chi connectivity index (χ0n) is 11.0. The summed E-state index contributed by atoms with van der Waals surface area (Å²) in [5.74, 6) is 0. The first-order valence-electron chi connectivity index (χ1n) is 6.24. The maximum Gasteiger partial charge on any atom is 0.0648 e. The Labute approximate surface area is 104 Å². The molecule has 0 spiro atoms. The Kier molecular flexibility index (Phi) is 3.69. The van der Waals surface area contributed by atoms with Gasteiger partial charge in [0, 0.05) is 25.3 Å². The van der Waals surface area contributed by atoms with E-state index in [2.05, 4.69) is 48.9 Å². The second kappa shape index (κ2) is 5.07. The molecule has 1 aliphatic heterocycles. The maximum atomic E-state index is 9.51. The highest BCUT2D eigenvalue weighted by molar-refractivity contribution is 5.52. The number of aliphatic hydroxyl groups is 1. The number of hydrogen-bond donors (Lipinski definition) is 1. The van der Waals surface area contributed by atoms with E-state index in [4.69, 9.17) is 0 Å². The van der Waals surface area contributed by atoms with Gasteiger partial charge in [-0.1, -0.05) is 6.07 Å². The number of likely N-dealkylation sites (N-methyl/N-ethyl adjacent to an activating group) is 1. The number of piperazine rings is 1. The third-order valence-electron chi connectivity index (χ3n) is 3.43. The second-order valence-corrected chi connectivity index (χ2v) is 5.14. The normalized spacial score (nSPS) is 21.9. The molecular weight excluding hydrogens is 212 g/mol. The van der Waals surface area contributed by atoms with Crippen LogP contribution in [-0.4, -0.2) is 49.3 Å². The van der Waals surface area contributed by atoms with Crippen LogP contribution in [0.4, 0.5) is 5.69 Å². The predicted octanol–water partition coefficient (Wildman–Crippen LogP) is 1.42. The van der Waals surface area contributed by atoms with Crippen molar-refractivity contribution >= 4 is 5.69 Å². The Balaban J connectivity index is 2.25. The lowest BCUT2D eigenvalue weighted by molar-refractivity contribution is 0.191. The molecule has 1 saturated heterocycles. The second-order valence-electron chi connectivity index (χ2n) is 5.14. The van der Waals surface area contributed by atoms with Gasteiger partial charge in [-0.15, -0.1) is 0 Å². The van der Waals surface area contributed by atoms with Gasteiger partial charge in [0.25, 0.3) is 0 Å². The fourth-order valence-electron chi connectivity index (χ4n) is 2.62. The topological polar surface area (TPSA) is 26.7 Å². The van der Waals surface area contributed by atoms with E-state index in [-0.39, 0.29) is 12.6 Å². The summed E-state index contributed by atoms with van der Waals surface area (Å²) in [5.41, 5.74) is 3.82. The first kappa shape index (κ1) is 12.4. The molecule has 3 heteroatoms. The SMILES string of the molecule is Cc1cc(C)cc(N2CCN(C)CC2CO)c1. The van der Waals surface area contributed by atoms with Gasteiger partial charge >= 0.3 is 0 Å². The summed E-state index contributed by atoms with van der Waals surface area (Å²) >= 11 is 0. The number of aryl methyl sites for hydroxylation is 2. The zero-order valence-corrected chi connectivity index (χ0v) is 11.0. The average molecular weight is 234 g/mol. The zero-order chi connectivity index (χ0) is 12.4. The van der Waals surface area contributed by atoms with Crippen molar-refractivity contribution in [3.8, 4) is 0 Å². The molecule has 2 rings (SSSR count). The molecule has 0 bridgehead atoms. The van der Waals surface area contributed by atoms with E-state index in [1.54, 1.807) is 0 Å². The molecule has 0 radical (unpaired) electrons. The van der Waals surface area contributed by atoms with Crippen molar-refractivity contribution in [3.63, 3.8) is 0 Å². The molecule has 1 aliphatic rings. The van der Waals surface area contributed by atoms with Crippen molar-refractivity contribution in [3.05, 3.63) is 29.3 Å². The minimum atomic E-state index is 0.218. The first-order valence-corrected chi connectivity index (χ1v) is 6.24. The Morgan fingerprint density at radius 2 is 1.82 bits per heavy atom. The van der Waals surface area contributed by atoms with E-state index in [0.29, 0.717) is 0 Å². The number of benzene rings is 1. The Morgan fingerprint density at radius 1 is 1.18 bits per heavy atom. The van der Waals surface area contributed by atoms with Crippen LogP contribution in [0, 0.1) is 13.8 Å². The monoisotopic (exact) mass is 234 g/mol. The van der Waals surface area contributed by atoms with Gasteiger partial charge in [-0.05, 0) is 44.2 Å². The molecule has 94 valence electrons. The lowest BCUT2D eigenvalue weighted by atomic mass is 10.1. The summed E-state index contributed by atoms with van der Waals surface area (Å²) < 4.78 is 0. The van der Waals surface area contributed by atoms with E-state index < -0.39 is 0 Å². The van der Waals surface area contributed by atoms with Gasteiger partial charge < -0.3 is 14.9 Å². The smallest absolute Gasteiger partial charge is 0.0648 e. The van der Waals surface area contributed by atoms with Crippen LogP contribution in [0.3, 0.4) is 0 Å². The van der Waals surface area contributed by atoms with Crippen LogP contribution in [0.25, 0.3) is 0 Å². The molecule has 1 N–H and O–H groups in total. The molecule has 1 aromatic carbocycles. The summed E-state index contributed by atoms with van der Waals surface area (Å²) in [7, 11) is 2.11. The van der Waals surface area contributed by atoms with Crippen LogP contribution in [0.5, 0.6) is 0 Å². The van der Waals surface area contributed by atoms with Gasteiger partial charge in [-0.2, -0.15) is 0 Å². The summed E-state index contributed by atoms with van der Waals surface area (Å²) in [6.45, 7) is 7.45. The summed E-state index contributed by atoms with van der Waals surface area (Å²) in [6.07, 6.45) is 0. The van der Waals surface area contributed by atoms with Gasteiger partial charge in [0.05, 0.1) is 12.6 Å². The number of rotatable bonds is 2. The molecule has 1 unspecified atom stereocenters. The average Bonchev–Trinajstić information content (AvgIpc) is 2.27. The third-order valence-corrected chi connectivity index (χ3v) is 3.43. The van der Waals surface area contributed by atoms with Gasteiger partial charge in [0.2, 0.25) is 0 Å². The minimum absolute atomic E-state index is 0.218. The predicted molar refractivity (Wildman–Crippen MR) is 71.6 cm³/mol. The Morgan fingerprint density at radius 3 is 2.41 bits per heavy atom. The quantitative estimate of drug-likeness (QED) is 0.838. The van der Waals surface area contributed by atoms with E-state index in [1.807, 2.05) is 0 Å². The summed E-state index contributed by atoms with van der Waals surface area (Å²) in [4.78, 5) is 4.61.